The Bertz CT molecular complexity index is 944. The topological polar surface area (TPSA) is 96.3 Å². The maximum Gasteiger partial charge on any atom is 0.325 e. The maximum atomic E-state index is 12.6. The first-order valence-electron chi connectivity index (χ1n) is 10.3. The zero-order chi connectivity index (χ0) is 21.9. The fraction of sp³-hybridized carbons (Fsp3) is 0.455. The van der Waals surface area contributed by atoms with Gasteiger partial charge < -0.3 is 10.6 Å². The second kappa shape index (κ2) is 8.69. The number of urea groups is 1. The summed E-state index contributed by atoms with van der Waals surface area (Å²) in [5, 5.41) is 9.99. The lowest BCUT2D eigenvalue weighted by Gasteiger charge is -2.23. The molecule has 8 heteroatoms. The largest absolute Gasteiger partial charge is 0.354 e. The molecule has 2 heterocycles. The van der Waals surface area contributed by atoms with Crippen LogP contribution in [0, 0.1) is 13.8 Å². The van der Waals surface area contributed by atoms with Gasteiger partial charge in [0.2, 0.25) is 5.91 Å². The molecule has 1 aromatic carbocycles. The van der Waals surface area contributed by atoms with Crippen LogP contribution in [-0.2, 0) is 16.0 Å². The minimum atomic E-state index is -0.884. The number of aromatic nitrogens is 2. The Labute approximate surface area is 176 Å². The van der Waals surface area contributed by atoms with Crippen LogP contribution in [-0.4, -0.2) is 51.2 Å². The van der Waals surface area contributed by atoms with E-state index in [1.165, 1.54) is 0 Å². The number of benzene rings is 1. The number of carbonyl (C=O) groups is 3. The van der Waals surface area contributed by atoms with Crippen molar-refractivity contribution < 1.29 is 14.4 Å². The minimum absolute atomic E-state index is 0.261. The Kier molecular flexibility index (Phi) is 6.24. The van der Waals surface area contributed by atoms with Crippen molar-refractivity contribution in [2.75, 3.05) is 13.1 Å². The van der Waals surface area contributed by atoms with Gasteiger partial charge in [-0.2, -0.15) is 5.10 Å². The first-order chi connectivity index (χ1) is 14.3. The molecular weight excluding hydrogens is 382 g/mol. The second-order valence-corrected chi connectivity index (χ2v) is 7.72. The fourth-order valence-electron chi connectivity index (χ4n) is 3.79. The Morgan fingerprint density at radius 1 is 1.13 bits per heavy atom. The lowest BCUT2D eigenvalue weighted by molar-refractivity contribution is -0.135. The monoisotopic (exact) mass is 411 g/mol. The third kappa shape index (κ3) is 4.22. The summed E-state index contributed by atoms with van der Waals surface area (Å²) in [5.74, 6) is -0.673. The van der Waals surface area contributed by atoms with Crippen molar-refractivity contribution >= 4 is 17.8 Å². The molecule has 0 radical (unpaired) electrons. The van der Waals surface area contributed by atoms with Crippen LogP contribution in [0.3, 0.4) is 0 Å². The summed E-state index contributed by atoms with van der Waals surface area (Å²) in [6.45, 7) is 7.85. The van der Waals surface area contributed by atoms with Gasteiger partial charge in [-0.25, -0.2) is 9.48 Å². The number of hydrogen-bond donors (Lipinski definition) is 2. The molecule has 0 spiro atoms. The molecule has 160 valence electrons. The van der Waals surface area contributed by atoms with E-state index in [1.54, 1.807) is 0 Å². The quantitative estimate of drug-likeness (QED) is 0.651. The standard InChI is InChI=1S/C22H29N5O3/c1-5-22(6-2)20(29)26(21(30)24-22)14-19(28)23-12-11-17-7-9-18(10-8-17)27-16(4)13-15(3)25-27/h7-10,13H,5-6,11-12,14H2,1-4H3,(H,23,28)(H,24,30). The van der Waals surface area contributed by atoms with Crippen molar-refractivity contribution in [3.63, 3.8) is 0 Å². The van der Waals surface area contributed by atoms with Crippen LogP contribution >= 0.6 is 0 Å². The van der Waals surface area contributed by atoms with Gasteiger partial charge in [-0.15, -0.1) is 0 Å². The first-order valence-corrected chi connectivity index (χ1v) is 10.3. The zero-order valence-corrected chi connectivity index (χ0v) is 18.0. The first kappa shape index (κ1) is 21.5. The highest BCUT2D eigenvalue weighted by Gasteiger charge is 2.49. The van der Waals surface area contributed by atoms with E-state index < -0.39 is 11.6 Å². The number of imide groups is 1. The molecule has 30 heavy (non-hydrogen) atoms. The molecule has 1 aliphatic rings. The number of nitrogens with zero attached hydrogens (tertiary/aromatic N) is 3. The third-order valence-corrected chi connectivity index (χ3v) is 5.68. The van der Waals surface area contributed by atoms with Gasteiger partial charge in [0.05, 0.1) is 11.4 Å². The summed E-state index contributed by atoms with van der Waals surface area (Å²) in [6, 6.07) is 9.54. The van der Waals surface area contributed by atoms with Crippen LogP contribution < -0.4 is 10.6 Å². The molecule has 1 saturated heterocycles. The molecule has 0 unspecified atom stereocenters. The van der Waals surface area contributed by atoms with Crippen molar-refractivity contribution in [3.8, 4) is 5.69 Å². The zero-order valence-electron chi connectivity index (χ0n) is 18.0. The van der Waals surface area contributed by atoms with Crippen LogP contribution in [0.2, 0.25) is 0 Å². The van der Waals surface area contributed by atoms with Gasteiger partial charge in [0.25, 0.3) is 5.91 Å². The minimum Gasteiger partial charge on any atom is -0.354 e. The molecule has 3 rings (SSSR count). The summed E-state index contributed by atoms with van der Waals surface area (Å²) in [5.41, 5.74) is 3.22. The number of nitrogens with one attached hydrogen (secondary N) is 2. The Balaban J connectivity index is 1.51. The number of amides is 4. The molecule has 8 nitrogen and oxygen atoms in total. The predicted octanol–water partition coefficient (Wildman–Crippen LogP) is 2.26. The van der Waals surface area contributed by atoms with Gasteiger partial charge in [-0.3, -0.25) is 14.5 Å². The van der Waals surface area contributed by atoms with Crippen molar-refractivity contribution in [3.05, 3.63) is 47.3 Å². The van der Waals surface area contributed by atoms with Gasteiger partial charge in [-0.05, 0) is 56.9 Å². The summed E-state index contributed by atoms with van der Waals surface area (Å²) >= 11 is 0. The fourth-order valence-corrected chi connectivity index (χ4v) is 3.79. The summed E-state index contributed by atoms with van der Waals surface area (Å²) < 4.78 is 1.89. The van der Waals surface area contributed by atoms with Gasteiger partial charge >= 0.3 is 6.03 Å². The smallest absolute Gasteiger partial charge is 0.325 e. The highest BCUT2D eigenvalue weighted by Crippen LogP contribution is 2.24. The third-order valence-electron chi connectivity index (χ3n) is 5.68. The van der Waals surface area contributed by atoms with Crippen LogP contribution in [0.5, 0.6) is 0 Å². The van der Waals surface area contributed by atoms with E-state index in [2.05, 4.69) is 15.7 Å². The van der Waals surface area contributed by atoms with E-state index in [-0.39, 0.29) is 18.4 Å². The molecular formula is C22H29N5O3. The second-order valence-electron chi connectivity index (χ2n) is 7.72. The Hall–Kier alpha value is -3.16. The van der Waals surface area contributed by atoms with Gasteiger partial charge in [0.15, 0.2) is 0 Å². The van der Waals surface area contributed by atoms with Crippen LogP contribution in [0.1, 0.15) is 43.6 Å². The summed E-state index contributed by atoms with van der Waals surface area (Å²) in [4.78, 5) is 37.9. The maximum absolute atomic E-state index is 12.6. The molecule has 0 aliphatic carbocycles. The molecule has 4 amide bonds. The summed E-state index contributed by atoms with van der Waals surface area (Å²) in [6.07, 6.45) is 1.65. The SMILES string of the molecule is CCC1(CC)NC(=O)N(CC(=O)NCCc2ccc(-n3nc(C)cc3C)cc2)C1=O. The van der Waals surface area contributed by atoms with Crippen LogP contribution in [0.4, 0.5) is 4.79 Å². The average molecular weight is 412 g/mol. The van der Waals surface area contributed by atoms with Crippen LogP contribution in [0.25, 0.3) is 5.69 Å². The Morgan fingerprint density at radius 3 is 2.33 bits per heavy atom. The lowest BCUT2D eigenvalue weighted by atomic mass is 9.93. The highest BCUT2D eigenvalue weighted by molar-refractivity contribution is 6.08. The molecule has 0 saturated carbocycles. The molecule has 1 aliphatic heterocycles. The van der Waals surface area contributed by atoms with Gasteiger partial charge in [-0.1, -0.05) is 26.0 Å². The van der Waals surface area contributed by atoms with Crippen molar-refractivity contribution in [2.45, 2.75) is 52.5 Å². The summed E-state index contributed by atoms with van der Waals surface area (Å²) in [7, 11) is 0. The average Bonchev–Trinajstić information content (AvgIpc) is 3.19. The van der Waals surface area contributed by atoms with Gasteiger partial charge in [0.1, 0.15) is 12.1 Å². The number of aryl methyl sites for hydroxylation is 2. The van der Waals surface area contributed by atoms with Crippen molar-refractivity contribution in [2.24, 2.45) is 0 Å². The van der Waals surface area contributed by atoms with E-state index in [9.17, 15) is 14.4 Å². The molecule has 2 aromatic rings. The van der Waals surface area contributed by atoms with E-state index in [4.69, 9.17) is 0 Å². The van der Waals surface area contributed by atoms with Crippen LogP contribution in [0.15, 0.2) is 30.3 Å². The van der Waals surface area contributed by atoms with E-state index >= 15 is 0 Å². The van der Waals surface area contributed by atoms with Gasteiger partial charge in [0, 0.05) is 12.2 Å². The number of hydrogen-bond acceptors (Lipinski definition) is 4. The molecule has 1 fully saturated rings. The van der Waals surface area contributed by atoms with E-state index in [1.807, 2.05) is 62.7 Å². The lowest BCUT2D eigenvalue weighted by Crippen LogP contribution is -2.46. The predicted molar refractivity (Wildman–Crippen MR) is 113 cm³/mol. The molecule has 2 N–H and O–H groups in total. The van der Waals surface area contributed by atoms with E-state index in [0.717, 1.165) is 27.5 Å². The number of carbonyl (C=O) groups excluding carboxylic acids is 3. The molecule has 0 atom stereocenters. The van der Waals surface area contributed by atoms with Crippen molar-refractivity contribution in [1.29, 1.82) is 0 Å². The molecule has 0 bridgehead atoms. The van der Waals surface area contributed by atoms with Crippen molar-refractivity contribution in [1.82, 2.24) is 25.3 Å². The molecule has 1 aromatic heterocycles. The van der Waals surface area contributed by atoms with E-state index in [0.29, 0.717) is 25.8 Å². The number of rotatable bonds is 8. The Morgan fingerprint density at radius 2 is 1.80 bits per heavy atom. The normalized spacial score (nSPS) is 15.4. The highest BCUT2D eigenvalue weighted by atomic mass is 16.2.